The van der Waals surface area contributed by atoms with E-state index in [4.69, 9.17) is 39.1 Å². The average Bonchev–Trinajstić information content (AvgIpc) is 3.25. The van der Waals surface area contributed by atoms with Crippen LogP contribution < -0.4 is 14.5 Å². The van der Waals surface area contributed by atoms with Gasteiger partial charge in [-0.05, 0) is 70.1 Å². The van der Waals surface area contributed by atoms with Gasteiger partial charge in [0.15, 0.2) is 6.10 Å². The minimum Gasteiger partial charge on any atom is -0.476 e. The number of ether oxygens (including phenoxy) is 2. The number of rotatable bonds is 9. The van der Waals surface area contributed by atoms with Gasteiger partial charge in [-0.2, -0.15) is 0 Å². The first-order valence-electron chi connectivity index (χ1n) is 14.2. The zero-order chi connectivity index (χ0) is 31.8. The molecule has 1 aliphatic heterocycles. The molecule has 0 N–H and O–H groups in total. The molecule has 0 aromatic heterocycles. The third-order valence-corrected chi connectivity index (χ3v) is 7.87. The number of hydrogen-bond donors (Lipinski definition) is 0. The molecule has 230 valence electrons. The molecule has 0 saturated carbocycles. The second kappa shape index (κ2) is 15.4. The van der Waals surface area contributed by atoms with Crippen molar-refractivity contribution in [1.82, 2.24) is 0 Å². The van der Waals surface area contributed by atoms with E-state index in [9.17, 15) is 18.8 Å². The van der Waals surface area contributed by atoms with Crippen molar-refractivity contribution in [2.75, 3.05) is 29.4 Å². The second-order valence-corrected chi connectivity index (χ2v) is 11.1. The highest BCUT2D eigenvalue weighted by molar-refractivity contribution is 6.34. The number of hydrogen-bond acceptors (Lipinski definition) is 5. The quantitative estimate of drug-likeness (QED) is 0.173. The predicted molar refractivity (Wildman–Crippen MR) is 168 cm³/mol. The number of methoxy groups -OCH3 is 1. The zero-order valence-corrected chi connectivity index (χ0v) is 26.6. The fourth-order valence-corrected chi connectivity index (χ4v) is 5.61. The molecule has 2 atom stereocenters. The van der Waals surface area contributed by atoms with Gasteiger partial charge in [-0.25, -0.2) is 9.29 Å². The molecule has 0 bridgehead atoms. The molecule has 4 rings (SSSR count). The van der Waals surface area contributed by atoms with Gasteiger partial charge in [0.05, 0.1) is 29.0 Å². The number of imide groups is 1. The Hall–Kier alpha value is -3.38. The van der Waals surface area contributed by atoms with Crippen molar-refractivity contribution >= 4 is 52.3 Å². The molecule has 2 aromatic carbocycles. The number of halogens is 3. The summed E-state index contributed by atoms with van der Waals surface area (Å²) in [5.41, 5.74) is 4.02. The molecular weight excluding hydrogens is 594 g/mol. The molecule has 2 unspecified atom stereocenters. The molecule has 43 heavy (non-hydrogen) atoms. The first-order valence-corrected chi connectivity index (χ1v) is 15.1. The van der Waals surface area contributed by atoms with Crippen LogP contribution in [-0.2, 0) is 25.5 Å². The normalized spacial score (nSPS) is 15.7. The summed E-state index contributed by atoms with van der Waals surface area (Å²) in [5.74, 6) is 0.697. The molecule has 2 aromatic rings. The van der Waals surface area contributed by atoms with Crippen LogP contribution >= 0.6 is 23.2 Å². The number of aryl methyl sites for hydroxylation is 2. The van der Waals surface area contributed by atoms with Crippen molar-refractivity contribution in [2.45, 2.75) is 71.9 Å². The van der Waals surface area contributed by atoms with Gasteiger partial charge < -0.3 is 14.4 Å². The van der Waals surface area contributed by atoms with Gasteiger partial charge in [-0.3, -0.25) is 14.4 Å². The summed E-state index contributed by atoms with van der Waals surface area (Å²) in [6.45, 7) is 8.19. The Balaban J connectivity index is 0.000000243. The van der Waals surface area contributed by atoms with Crippen LogP contribution in [0.2, 0.25) is 5.02 Å². The van der Waals surface area contributed by atoms with E-state index in [0.29, 0.717) is 30.6 Å². The molecule has 7 nitrogen and oxygen atoms in total. The van der Waals surface area contributed by atoms with Gasteiger partial charge in [-0.1, -0.05) is 42.6 Å². The summed E-state index contributed by atoms with van der Waals surface area (Å²) in [4.78, 5) is 39.9. The highest BCUT2D eigenvalue weighted by atomic mass is 35.5. The van der Waals surface area contributed by atoms with Gasteiger partial charge in [0.2, 0.25) is 5.91 Å². The Kier molecular flexibility index (Phi) is 12.2. The minimum absolute atomic E-state index is 0.0223. The molecule has 1 aliphatic carbocycles. The summed E-state index contributed by atoms with van der Waals surface area (Å²) < 4.78 is 25.0. The smallest absolute Gasteiger partial charge is 0.261 e. The maximum Gasteiger partial charge on any atom is 0.261 e. The molecule has 0 fully saturated rings. The molecule has 0 radical (unpaired) electrons. The zero-order valence-electron chi connectivity index (χ0n) is 25.1. The second-order valence-electron chi connectivity index (χ2n) is 10.4. The number of terminal acetylenes is 1. The lowest BCUT2D eigenvalue weighted by Crippen LogP contribution is -2.43. The van der Waals surface area contributed by atoms with Crippen LogP contribution in [0.15, 0.2) is 41.5 Å². The monoisotopic (exact) mass is 630 g/mol. The Labute approximate surface area is 262 Å². The highest BCUT2D eigenvalue weighted by Crippen LogP contribution is 2.39. The lowest BCUT2D eigenvalue weighted by molar-refractivity contribution is -0.121. The summed E-state index contributed by atoms with van der Waals surface area (Å²) in [6.07, 6.45) is 8.35. The molecule has 1 heterocycles. The van der Waals surface area contributed by atoms with Crippen LogP contribution in [0.1, 0.15) is 57.6 Å². The first kappa shape index (κ1) is 34.1. The number of benzene rings is 2. The topological polar surface area (TPSA) is 76.2 Å². The van der Waals surface area contributed by atoms with E-state index in [2.05, 4.69) is 18.9 Å². The summed E-state index contributed by atoms with van der Waals surface area (Å²) in [6, 6.07) is 8.32. The predicted octanol–water partition coefficient (Wildman–Crippen LogP) is 6.79. The summed E-state index contributed by atoms with van der Waals surface area (Å²) in [7, 11) is 1.64. The minimum atomic E-state index is -0.762. The number of amides is 3. The number of nitrogens with zero attached hydrogens (tertiary/aromatic N) is 2. The van der Waals surface area contributed by atoms with Gasteiger partial charge >= 0.3 is 0 Å². The van der Waals surface area contributed by atoms with Crippen molar-refractivity contribution < 1.29 is 28.2 Å². The van der Waals surface area contributed by atoms with E-state index in [-0.39, 0.29) is 34.3 Å². The van der Waals surface area contributed by atoms with Crippen molar-refractivity contribution in [3.8, 4) is 18.1 Å². The van der Waals surface area contributed by atoms with Crippen molar-refractivity contribution in [1.29, 1.82) is 0 Å². The van der Waals surface area contributed by atoms with Crippen LogP contribution in [0.3, 0.4) is 0 Å². The molecule has 0 saturated heterocycles. The van der Waals surface area contributed by atoms with E-state index in [1.165, 1.54) is 6.07 Å². The number of anilines is 2. The van der Waals surface area contributed by atoms with Crippen molar-refractivity contribution in [3.05, 3.63) is 63.4 Å². The van der Waals surface area contributed by atoms with E-state index >= 15 is 0 Å². The Morgan fingerprint density at radius 3 is 2.33 bits per heavy atom. The van der Waals surface area contributed by atoms with Gasteiger partial charge in [0.1, 0.15) is 17.4 Å². The maximum atomic E-state index is 14.4. The largest absolute Gasteiger partial charge is 0.476 e. The number of carbonyl (C=O) groups is 3. The van der Waals surface area contributed by atoms with E-state index in [1.54, 1.807) is 18.9 Å². The Morgan fingerprint density at radius 1 is 1.16 bits per heavy atom. The molecule has 2 aliphatic rings. The molecule has 3 amide bonds. The molecule has 10 heteroatoms. The summed E-state index contributed by atoms with van der Waals surface area (Å²) in [5, 5.41) is 0.0233. The highest BCUT2D eigenvalue weighted by Gasteiger charge is 2.41. The lowest BCUT2D eigenvalue weighted by Gasteiger charge is -2.31. The van der Waals surface area contributed by atoms with Crippen LogP contribution in [0.5, 0.6) is 5.75 Å². The van der Waals surface area contributed by atoms with Crippen LogP contribution in [0, 0.1) is 25.1 Å². The maximum absolute atomic E-state index is 14.4. The van der Waals surface area contributed by atoms with E-state index in [1.807, 2.05) is 26.0 Å². The Bertz CT molecular complexity index is 1420. The van der Waals surface area contributed by atoms with Crippen molar-refractivity contribution in [3.63, 3.8) is 0 Å². The van der Waals surface area contributed by atoms with Gasteiger partial charge in [0, 0.05) is 24.3 Å². The fraction of sp³-hybridized carbons (Fsp3) is 0.424. The third-order valence-electron chi connectivity index (χ3n) is 7.35. The SMILES string of the molecule is C#CC(C)Oc1cc(N2C(=O)C3=C(CCCC3)C2=O)c(F)cc1Cl.CCc1cccc(C)c1N(C(=O)CCl)C(C)COC. The molecular formula is C33H37Cl2FN2O5. The molecule has 0 spiro atoms. The number of alkyl halides is 1. The van der Waals surface area contributed by atoms with Gasteiger partial charge in [-0.15, -0.1) is 18.0 Å². The third kappa shape index (κ3) is 7.59. The standard InChI is InChI=1S/C18H15ClFNO3.C15H22ClNO2/c1-3-10(2)24-16-9-15(14(20)8-13(16)19)21-17(22)11-6-4-5-7-12(11)18(21)23;1-5-13-8-6-7-11(2)15(13)17(14(18)9-16)12(3)10-19-4/h1,8-10H,4-7H2,2H3;6-8,12H,5,9-10H2,1-4H3. The van der Waals surface area contributed by atoms with E-state index in [0.717, 1.165) is 47.0 Å². The van der Waals surface area contributed by atoms with Crippen LogP contribution in [0.4, 0.5) is 15.8 Å². The average molecular weight is 632 g/mol. The van der Waals surface area contributed by atoms with Crippen LogP contribution in [0.25, 0.3) is 0 Å². The number of carbonyl (C=O) groups excluding carboxylic acids is 3. The lowest BCUT2D eigenvalue weighted by atomic mass is 9.93. The van der Waals surface area contributed by atoms with Gasteiger partial charge in [0.25, 0.3) is 11.8 Å². The first-order chi connectivity index (χ1) is 20.5. The fourth-order valence-electron chi connectivity index (χ4n) is 5.28. The van der Waals surface area contributed by atoms with Crippen LogP contribution in [-0.4, -0.2) is 49.5 Å². The van der Waals surface area contributed by atoms with Crippen molar-refractivity contribution in [2.24, 2.45) is 0 Å². The van der Waals surface area contributed by atoms with E-state index < -0.39 is 23.7 Å². The number of para-hydroxylation sites is 1. The Morgan fingerprint density at radius 2 is 1.79 bits per heavy atom. The summed E-state index contributed by atoms with van der Waals surface area (Å²) >= 11 is 11.7.